The van der Waals surface area contributed by atoms with Crippen LogP contribution in [0, 0.1) is 0 Å². The summed E-state index contributed by atoms with van der Waals surface area (Å²) in [4.78, 5) is 23.0. The molecular formula is C10H20N2O2. The Bertz CT molecular complexity index is 220. The summed E-state index contributed by atoms with van der Waals surface area (Å²) in [5.74, 6) is -0.309. The quantitative estimate of drug-likeness (QED) is 0.679. The molecule has 0 aliphatic rings. The number of hydrogen-bond acceptors (Lipinski definition) is 2. The van der Waals surface area contributed by atoms with Crippen LogP contribution in [0.4, 0.5) is 0 Å². The minimum absolute atomic E-state index is 0.138. The second-order valence-corrected chi connectivity index (χ2v) is 2.74. The molecule has 0 unspecified atom stereocenters. The van der Waals surface area contributed by atoms with Gasteiger partial charge >= 0.3 is 0 Å². The van der Waals surface area contributed by atoms with E-state index in [1.54, 1.807) is 21.0 Å². The van der Waals surface area contributed by atoms with Crippen LogP contribution in [-0.4, -0.2) is 30.8 Å². The van der Waals surface area contributed by atoms with Gasteiger partial charge in [0.25, 0.3) is 0 Å². The van der Waals surface area contributed by atoms with Crippen LogP contribution in [0.1, 0.15) is 27.7 Å². The molecule has 4 nitrogen and oxygen atoms in total. The Balaban J connectivity index is 0. The van der Waals surface area contributed by atoms with Gasteiger partial charge in [-0.15, -0.1) is 0 Å². The largest absolute Gasteiger partial charge is 0.345 e. The second-order valence-electron chi connectivity index (χ2n) is 2.74. The second kappa shape index (κ2) is 8.29. The third kappa shape index (κ3) is 8.77. The van der Waals surface area contributed by atoms with Gasteiger partial charge in [0.15, 0.2) is 0 Å². The van der Waals surface area contributed by atoms with Crippen LogP contribution in [-0.2, 0) is 9.59 Å². The van der Waals surface area contributed by atoms with Crippen molar-refractivity contribution < 1.29 is 9.59 Å². The monoisotopic (exact) mass is 200 g/mol. The number of nitrogens with zero attached hydrogens (tertiary/aromatic N) is 1. The molecule has 0 aromatic heterocycles. The Kier molecular flexibility index (Phi) is 8.98. The molecule has 0 aliphatic carbocycles. The first kappa shape index (κ1) is 15.2. The molecule has 0 heterocycles. The van der Waals surface area contributed by atoms with Crippen LogP contribution < -0.4 is 5.32 Å². The van der Waals surface area contributed by atoms with Gasteiger partial charge in [-0.2, -0.15) is 0 Å². The van der Waals surface area contributed by atoms with Crippen molar-refractivity contribution in [1.82, 2.24) is 10.2 Å². The predicted octanol–water partition coefficient (Wildman–Crippen LogP) is 1.14. The first-order valence-electron chi connectivity index (χ1n) is 4.60. The molecule has 14 heavy (non-hydrogen) atoms. The highest BCUT2D eigenvalue weighted by Gasteiger charge is 2.00. The van der Waals surface area contributed by atoms with Crippen LogP contribution in [0.2, 0.25) is 0 Å². The summed E-state index contributed by atoms with van der Waals surface area (Å²) >= 11 is 0. The Morgan fingerprint density at radius 1 is 1.14 bits per heavy atom. The van der Waals surface area contributed by atoms with E-state index in [0.717, 1.165) is 0 Å². The fraction of sp³-hybridized carbons (Fsp3) is 0.600. The molecule has 0 spiro atoms. The maximum Gasteiger partial charge on any atom is 0.247 e. The zero-order valence-corrected chi connectivity index (χ0v) is 9.84. The van der Waals surface area contributed by atoms with Crippen LogP contribution >= 0.6 is 0 Å². The van der Waals surface area contributed by atoms with Gasteiger partial charge in [-0.1, -0.05) is 13.8 Å². The van der Waals surface area contributed by atoms with Crippen LogP contribution in [0.5, 0.6) is 0 Å². The number of carbonyl (C=O) groups excluding carboxylic acids is 2. The zero-order chi connectivity index (χ0) is 11.7. The van der Waals surface area contributed by atoms with Gasteiger partial charge in [0.2, 0.25) is 11.8 Å². The van der Waals surface area contributed by atoms with E-state index in [-0.39, 0.29) is 11.8 Å². The summed E-state index contributed by atoms with van der Waals surface area (Å²) in [7, 11) is 3.31. The van der Waals surface area contributed by atoms with Crippen LogP contribution in [0.15, 0.2) is 11.8 Å². The van der Waals surface area contributed by atoms with Crippen LogP contribution in [0.3, 0.4) is 0 Å². The molecule has 0 saturated heterocycles. The maximum atomic E-state index is 11.0. The van der Waals surface area contributed by atoms with Gasteiger partial charge in [0.05, 0.1) is 0 Å². The average Bonchev–Trinajstić information content (AvgIpc) is 2.05. The topological polar surface area (TPSA) is 49.4 Å². The van der Waals surface area contributed by atoms with Gasteiger partial charge in [-0.05, 0) is 6.92 Å². The molecule has 0 aliphatic heterocycles. The van der Waals surface area contributed by atoms with Gasteiger partial charge in [-0.25, -0.2) is 0 Å². The molecular weight excluding hydrogens is 180 g/mol. The minimum Gasteiger partial charge on any atom is -0.345 e. The van der Waals surface area contributed by atoms with E-state index in [0.29, 0.717) is 5.70 Å². The fourth-order valence-corrected chi connectivity index (χ4v) is 0.628. The van der Waals surface area contributed by atoms with E-state index in [9.17, 15) is 9.59 Å². The fourth-order valence-electron chi connectivity index (χ4n) is 0.628. The van der Waals surface area contributed by atoms with Crippen molar-refractivity contribution in [3.05, 3.63) is 11.8 Å². The predicted molar refractivity (Wildman–Crippen MR) is 57.6 cm³/mol. The van der Waals surface area contributed by atoms with Gasteiger partial charge in [-0.3, -0.25) is 9.59 Å². The Morgan fingerprint density at radius 2 is 1.57 bits per heavy atom. The Morgan fingerprint density at radius 3 is 1.86 bits per heavy atom. The summed E-state index contributed by atoms with van der Waals surface area (Å²) in [6, 6.07) is 0. The summed E-state index contributed by atoms with van der Waals surface area (Å²) < 4.78 is 0. The van der Waals surface area contributed by atoms with Crippen molar-refractivity contribution in [3.8, 4) is 0 Å². The Hall–Kier alpha value is -1.32. The van der Waals surface area contributed by atoms with Crippen molar-refractivity contribution in [3.63, 3.8) is 0 Å². The van der Waals surface area contributed by atoms with E-state index in [4.69, 9.17) is 0 Å². The summed E-state index contributed by atoms with van der Waals surface area (Å²) in [6.45, 7) is 7.07. The van der Waals surface area contributed by atoms with E-state index < -0.39 is 0 Å². The Labute approximate surface area is 86.0 Å². The molecule has 82 valence electrons. The number of nitrogens with one attached hydrogen (secondary N) is 1. The molecule has 0 bridgehead atoms. The average molecular weight is 200 g/mol. The third-order valence-corrected chi connectivity index (χ3v) is 1.15. The summed E-state index contributed by atoms with van der Waals surface area (Å²) in [5.41, 5.74) is 0.557. The van der Waals surface area contributed by atoms with E-state index in [1.165, 1.54) is 17.9 Å². The van der Waals surface area contributed by atoms with E-state index >= 15 is 0 Å². The SMILES string of the molecule is CC.CC(=O)N/C(C)=C\C(=O)N(C)C. The number of amides is 2. The van der Waals surface area contributed by atoms with Crippen molar-refractivity contribution in [1.29, 1.82) is 0 Å². The number of likely N-dealkylation sites (N-methyl/N-ethyl adjacent to an activating group) is 1. The van der Waals surface area contributed by atoms with Gasteiger partial charge < -0.3 is 10.2 Å². The zero-order valence-electron chi connectivity index (χ0n) is 9.84. The summed E-state index contributed by atoms with van der Waals surface area (Å²) in [6.07, 6.45) is 1.38. The van der Waals surface area contributed by atoms with Gasteiger partial charge in [0.1, 0.15) is 0 Å². The van der Waals surface area contributed by atoms with Crippen molar-refractivity contribution in [2.45, 2.75) is 27.7 Å². The smallest absolute Gasteiger partial charge is 0.247 e. The number of allylic oxidation sites excluding steroid dienone is 1. The van der Waals surface area contributed by atoms with Crippen molar-refractivity contribution >= 4 is 11.8 Å². The number of rotatable bonds is 2. The van der Waals surface area contributed by atoms with Crippen molar-refractivity contribution in [2.75, 3.05) is 14.1 Å². The normalized spacial score (nSPS) is 9.71. The number of hydrogen-bond donors (Lipinski definition) is 1. The van der Waals surface area contributed by atoms with Crippen molar-refractivity contribution in [2.24, 2.45) is 0 Å². The molecule has 0 saturated carbocycles. The molecule has 0 aromatic rings. The molecule has 0 fully saturated rings. The maximum absolute atomic E-state index is 11.0. The lowest BCUT2D eigenvalue weighted by Crippen LogP contribution is -2.23. The minimum atomic E-state index is -0.171. The lowest BCUT2D eigenvalue weighted by atomic mass is 10.4. The highest BCUT2D eigenvalue weighted by Crippen LogP contribution is 1.89. The highest BCUT2D eigenvalue weighted by atomic mass is 16.2. The first-order valence-corrected chi connectivity index (χ1v) is 4.60. The molecule has 0 radical (unpaired) electrons. The molecule has 2 amide bonds. The molecule has 4 heteroatoms. The standard InChI is InChI=1S/C8H14N2O2.C2H6/c1-6(9-7(2)11)5-8(12)10(3)4;1-2/h5H,1-4H3,(H,9,11);1-2H3/b6-5-;. The van der Waals surface area contributed by atoms with E-state index in [1.807, 2.05) is 13.8 Å². The molecule has 0 aromatic carbocycles. The highest BCUT2D eigenvalue weighted by molar-refractivity contribution is 5.88. The molecule has 0 atom stereocenters. The third-order valence-electron chi connectivity index (χ3n) is 1.15. The van der Waals surface area contributed by atoms with Gasteiger partial charge in [0, 0.05) is 32.8 Å². The van der Waals surface area contributed by atoms with E-state index in [2.05, 4.69) is 5.32 Å². The lowest BCUT2D eigenvalue weighted by molar-refractivity contribution is -0.123. The number of carbonyl (C=O) groups is 2. The lowest BCUT2D eigenvalue weighted by Gasteiger charge is -2.07. The first-order chi connectivity index (χ1) is 6.43. The molecule has 0 rings (SSSR count). The van der Waals surface area contributed by atoms with Crippen LogP contribution in [0.25, 0.3) is 0 Å². The summed E-state index contributed by atoms with van der Waals surface area (Å²) in [5, 5.41) is 2.50. The molecule has 1 N–H and O–H groups in total.